The summed E-state index contributed by atoms with van der Waals surface area (Å²) >= 11 is 0. The molecule has 1 aromatic rings. The highest BCUT2D eigenvalue weighted by atomic mass is 16.1. The molecule has 0 aliphatic rings. The summed E-state index contributed by atoms with van der Waals surface area (Å²) in [4.78, 5) is 12.1. The van der Waals surface area contributed by atoms with Gasteiger partial charge in [0.25, 0.3) is 0 Å². The van der Waals surface area contributed by atoms with E-state index in [0.29, 0.717) is 6.42 Å². The number of unbranched alkanes of at least 4 members (excludes halogenated alkanes) is 15. The Bertz CT molecular complexity index is 584. The SMILES string of the molecule is CCCCCCCCCCCCCCCCCCC(=O)NCCC[N+](C)(C)Cc1ccccc1. The Morgan fingerprint density at radius 3 is 1.65 bits per heavy atom. The highest BCUT2D eigenvalue weighted by Gasteiger charge is 2.15. The molecule has 0 aromatic heterocycles. The lowest BCUT2D eigenvalue weighted by molar-refractivity contribution is -0.903. The highest BCUT2D eigenvalue weighted by Crippen LogP contribution is 2.14. The molecule has 0 saturated carbocycles. The Labute approximate surface area is 212 Å². The number of benzene rings is 1. The van der Waals surface area contributed by atoms with Crippen LogP contribution in [0.2, 0.25) is 0 Å². The lowest BCUT2D eigenvalue weighted by atomic mass is 10.0. The summed E-state index contributed by atoms with van der Waals surface area (Å²) in [5.74, 6) is 0.235. The van der Waals surface area contributed by atoms with Gasteiger partial charge in [-0.2, -0.15) is 0 Å². The first kappa shape index (κ1) is 30.7. The van der Waals surface area contributed by atoms with Crippen LogP contribution in [0.3, 0.4) is 0 Å². The number of nitrogens with one attached hydrogen (secondary N) is 1. The summed E-state index contributed by atoms with van der Waals surface area (Å²) in [5.41, 5.74) is 1.38. The summed E-state index contributed by atoms with van der Waals surface area (Å²) in [6.07, 6.45) is 23.6. The van der Waals surface area contributed by atoms with E-state index in [2.05, 4.69) is 56.7 Å². The molecule has 0 fully saturated rings. The second-order valence-electron chi connectivity index (χ2n) is 11.1. The van der Waals surface area contributed by atoms with Gasteiger partial charge in [0.1, 0.15) is 6.54 Å². The summed E-state index contributed by atoms with van der Waals surface area (Å²) in [6.45, 7) is 5.20. The molecule has 3 nitrogen and oxygen atoms in total. The molecule has 0 aliphatic carbocycles. The van der Waals surface area contributed by atoms with Gasteiger partial charge < -0.3 is 9.80 Å². The molecular formula is C31H57N2O+. The second-order valence-corrected chi connectivity index (χ2v) is 11.1. The van der Waals surface area contributed by atoms with Crippen molar-refractivity contribution >= 4 is 5.91 Å². The third-order valence-corrected chi connectivity index (χ3v) is 6.97. The Morgan fingerprint density at radius 1 is 0.676 bits per heavy atom. The van der Waals surface area contributed by atoms with Gasteiger partial charge in [-0.05, 0) is 6.42 Å². The number of carbonyl (C=O) groups excluding carboxylic acids is 1. The average molecular weight is 474 g/mol. The number of amides is 1. The minimum Gasteiger partial charge on any atom is -0.356 e. The van der Waals surface area contributed by atoms with E-state index in [1.165, 1.54) is 102 Å². The minimum atomic E-state index is 0.235. The van der Waals surface area contributed by atoms with Crippen LogP contribution in [0.5, 0.6) is 0 Å². The van der Waals surface area contributed by atoms with E-state index in [9.17, 15) is 4.79 Å². The molecule has 34 heavy (non-hydrogen) atoms. The Balaban J connectivity index is 1.83. The van der Waals surface area contributed by atoms with Gasteiger partial charge in [0.2, 0.25) is 5.91 Å². The van der Waals surface area contributed by atoms with Crippen LogP contribution in [0.4, 0.5) is 0 Å². The Morgan fingerprint density at radius 2 is 1.15 bits per heavy atom. The predicted molar refractivity (Wildman–Crippen MR) is 149 cm³/mol. The molecule has 1 N–H and O–H groups in total. The van der Waals surface area contributed by atoms with Gasteiger partial charge in [-0.3, -0.25) is 4.79 Å². The van der Waals surface area contributed by atoms with Gasteiger partial charge >= 0.3 is 0 Å². The van der Waals surface area contributed by atoms with Crippen LogP contribution >= 0.6 is 0 Å². The zero-order valence-electron chi connectivity index (χ0n) is 23.1. The van der Waals surface area contributed by atoms with Crippen molar-refractivity contribution in [1.29, 1.82) is 0 Å². The van der Waals surface area contributed by atoms with Crippen molar-refractivity contribution in [1.82, 2.24) is 5.32 Å². The van der Waals surface area contributed by atoms with Crippen LogP contribution in [0.1, 0.15) is 128 Å². The molecule has 0 radical (unpaired) electrons. The normalized spacial score (nSPS) is 11.6. The molecule has 0 unspecified atom stereocenters. The van der Waals surface area contributed by atoms with Crippen LogP contribution < -0.4 is 5.32 Å². The third-order valence-electron chi connectivity index (χ3n) is 6.97. The first-order valence-electron chi connectivity index (χ1n) is 14.7. The Kier molecular flexibility index (Phi) is 18.9. The van der Waals surface area contributed by atoms with Crippen molar-refractivity contribution < 1.29 is 9.28 Å². The maximum absolute atomic E-state index is 12.1. The van der Waals surface area contributed by atoms with Gasteiger partial charge in [0.15, 0.2) is 0 Å². The maximum Gasteiger partial charge on any atom is 0.219 e. The molecular weight excluding hydrogens is 416 g/mol. The molecule has 3 heteroatoms. The standard InChI is InChI=1S/C31H56N2O/c1-4-5-6-7-8-9-10-11-12-13-14-15-16-17-18-22-26-31(34)32-27-23-28-33(2,3)29-30-24-20-19-21-25-30/h19-21,24-25H,4-18,22-23,26-29H2,1-3H3/p+1. The zero-order chi connectivity index (χ0) is 24.7. The van der Waals surface area contributed by atoms with Crippen LogP contribution in [0.25, 0.3) is 0 Å². The predicted octanol–water partition coefficient (Wildman–Crippen LogP) is 8.42. The fourth-order valence-electron chi connectivity index (χ4n) is 4.81. The number of rotatable bonds is 23. The molecule has 0 atom stereocenters. The molecule has 1 rings (SSSR count). The first-order valence-corrected chi connectivity index (χ1v) is 14.7. The smallest absolute Gasteiger partial charge is 0.219 e. The molecule has 196 valence electrons. The maximum atomic E-state index is 12.1. The van der Waals surface area contributed by atoms with Crippen molar-refractivity contribution in [3.8, 4) is 0 Å². The van der Waals surface area contributed by atoms with Gasteiger partial charge in [-0.25, -0.2) is 0 Å². The quantitative estimate of drug-likeness (QED) is 0.125. The van der Waals surface area contributed by atoms with E-state index < -0.39 is 0 Å². The lowest BCUT2D eigenvalue weighted by Gasteiger charge is -2.30. The fraction of sp³-hybridized carbons (Fsp3) is 0.774. The second kappa shape index (κ2) is 21.0. The molecule has 1 aromatic carbocycles. The molecule has 1 amide bonds. The van der Waals surface area contributed by atoms with Crippen LogP contribution in [0.15, 0.2) is 30.3 Å². The summed E-state index contributed by atoms with van der Waals surface area (Å²) < 4.78 is 0.957. The van der Waals surface area contributed by atoms with Crippen molar-refractivity contribution in [3.63, 3.8) is 0 Å². The summed E-state index contributed by atoms with van der Waals surface area (Å²) in [5, 5.41) is 3.12. The largest absolute Gasteiger partial charge is 0.356 e. The number of hydrogen-bond donors (Lipinski definition) is 1. The average Bonchev–Trinajstić information content (AvgIpc) is 2.82. The van der Waals surface area contributed by atoms with E-state index in [-0.39, 0.29) is 5.91 Å². The topological polar surface area (TPSA) is 29.1 Å². The van der Waals surface area contributed by atoms with Crippen LogP contribution in [-0.4, -0.2) is 37.6 Å². The number of quaternary nitrogens is 1. The van der Waals surface area contributed by atoms with Gasteiger partial charge in [-0.15, -0.1) is 0 Å². The van der Waals surface area contributed by atoms with E-state index in [4.69, 9.17) is 0 Å². The molecule has 0 heterocycles. The lowest BCUT2D eigenvalue weighted by Crippen LogP contribution is -2.41. The monoisotopic (exact) mass is 473 g/mol. The Hall–Kier alpha value is -1.35. The fourth-order valence-corrected chi connectivity index (χ4v) is 4.81. The van der Waals surface area contributed by atoms with E-state index >= 15 is 0 Å². The number of hydrogen-bond acceptors (Lipinski definition) is 1. The van der Waals surface area contributed by atoms with Crippen LogP contribution in [-0.2, 0) is 11.3 Å². The third kappa shape index (κ3) is 19.0. The number of nitrogens with zero attached hydrogens (tertiary/aromatic N) is 1. The summed E-state index contributed by atoms with van der Waals surface area (Å²) in [6, 6.07) is 10.7. The number of carbonyl (C=O) groups is 1. The van der Waals surface area contributed by atoms with Crippen molar-refractivity contribution in [3.05, 3.63) is 35.9 Å². The van der Waals surface area contributed by atoms with Crippen molar-refractivity contribution in [2.24, 2.45) is 0 Å². The van der Waals surface area contributed by atoms with Gasteiger partial charge in [0.05, 0.1) is 20.6 Å². The van der Waals surface area contributed by atoms with Gasteiger partial charge in [0, 0.05) is 24.9 Å². The van der Waals surface area contributed by atoms with Crippen LogP contribution in [0, 0.1) is 0 Å². The van der Waals surface area contributed by atoms with Crippen molar-refractivity contribution in [2.45, 2.75) is 129 Å². The first-order chi connectivity index (χ1) is 16.5. The summed E-state index contributed by atoms with van der Waals surface area (Å²) in [7, 11) is 4.54. The molecule has 0 spiro atoms. The molecule has 0 saturated heterocycles. The zero-order valence-corrected chi connectivity index (χ0v) is 23.1. The molecule has 0 bridgehead atoms. The highest BCUT2D eigenvalue weighted by molar-refractivity contribution is 5.75. The van der Waals surface area contributed by atoms with E-state index in [0.717, 1.165) is 37.0 Å². The van der Waals surface area contributed by atoms with Crippen molar-refractivity contribution in [2.75, 3.05) is 27.2 Å². The van der Waals surface area contributed by atoms with E-state index in [1.54, 1.807) is 0 Å². The molecule has 0 aliphatic heterocycles. The van der Waals surface area contributed by atoms with E-state index in [1.807, 2.05) is 0 Å². The minimum absolute atomic E-state index is 0.235. The van der Waals surface area contributed by atoms with Gasteiger partial charge in [-0.1, -0.05) is 134 Å².